The molecule has 0 spiro atoms. The van der Waals surface area contributed by atoms with Gasteiger partial charge in [0.25, 0.3) is 6.71 Å². The summed E-state index contributed by atoms with van der Waals surface area (Å²) in [7, 11) is 0. The molecule has 0 amide bonds. The summed E-state index contributed by atoms with van der Waals surface area (Å²) >= 11 is 0. The molecule has 0 saturated carbocycles. The smallest absolute Gasteiger partial charge is 0.260 e. The van der Waals surface area contributed by atoms with Crippen LogP contribution in [0.4, 0.5) is 0 Å². The van der Waals surface area contributed by atoms with E-state index in [9.17, 15) is 0 Å². The van der Waals surface area contributed by atoms with Crippen molar-refractivity contribution in [1.82, 2.24) is 0 Å². The summed E-state index contributed by atoms with van der Waals surface area (Å²) in [5.74, 6) is 3.88. The largest absolute Gasteiger partial charge is 0.458 e. The second-order valence-electron chi connectivity index (χ2n) is 14.1. The Balaban J connectivity index is 1.52. The van der Waals surface area contributed by atoms with E-state index in [-0.39, 0.29) is 28.4 Å². The molecule has 35 heavy (non-hydrogen) atoms. The molecule has 2 aliphatic heterocycles. The van der Waals surface area contributed by atoms with Gasteiger partial charge in [-0.15, -0.1) is 0 Å². The first-order valence-corrected chi connectivity index (χ1v) is 13.2. The fourth-order valence-corrected chi connectivity index (χ4v) is 8.35. The van der Waals surface area contributed by atoms with Crippen molar-refractivity contribution in [3.8, 4) is 23.0 Å². The third kappa shape index (κ3) is 2.73. The van der Waals surface area contributed by atoms with Crippen molar-refractivity contribution in [3.05, 3.63) is 64.7 Å². The van der Waals surface area contributed by atoms with Gasteiger partial charge in [0, 0.05) is 5.46 Å². The molecule has 4 aliphatic rings. The summed E-state index contributed by atoms with van der Waals surface area (Å²) in [4.78, 5) is 0. The molecule has 0 atom stereocenters. The van der Waals surface area contributed by atoms with Gasteiger partial charge in [0.15, 0.2) is 0 Å². The minimum atomic E-state index is 0.128. The molecular weight excluding hydrogens is 427 g/mol. The average Bonchev–Trinajstić information content (AvgIpc) is 3.05. The van der Waals surface area contributed by atoms with Crippen LogP contribution in [0.2, 0.25) is 0 Å². The number of benzene rings is 3. The molecule has 3 aromatic rings. The molecule has 0 bridgehead atoms. The summed E-state index contributed by atoms with van der Waals surface area (Å²) in [6.07, 6.45) is 2.30. The molecule has 178 valence electrons. The van der Waals surface area contributed by atoms with E-state index < -0.39 is 0 Å². The van der Waals surface area contributed by atoms with E-state index in [2.05, 4.69) is 97.9 Å². The van der Waals surface area contributed by atoms with Crippen LogP contribution in [-0.2, 0) is 21.7 Å². The zero-order valence-corrected chi connectivity index (χ0v) is 22.3. The monoisotopic (exact) mass is 462 g/mol. The first-order chi connectivity index (χ1) is 16.3. The lowest BCUT2D eigenvalue weighted by atomic mass is 9.34. The Kier molecular flexibility index (Phi) is 3.81. The number of fused-ring (bicyclic) bond motifs is 6. The Morgan fingerprint density at radius 1 is 0.543 bits per heavy atom. The highest BCUT2D eigenvalue weighted by molar-refractivity contribution is 6.98. The van der Waals surface area contributed by atoms with E-state index in [0.717, 1.165) is 35.8 Å². The minimum Gasteiger partial charge on any atom is -0.458 e. The highest BCUT2D eigenvalue weighted by atomic mass is 16.5. The lowest BCUT2D eigenvalue weighted by Crippen LogP contribution is -2.57. The van der Waals surface area contributed by atoms with Gasteiger partial charge < -0.3 is 9.47 Å². The Morgan fingerprint density at radius 3 is 1.31 bits per heavy atom. The van der Waals surface area contributed by atoms with E-state index in [1.54, 1.807) is 0 Å². The summed E-state index contributed by atoms with van der Waals surface area (Å²) in [5, 5.41) is 0. The minimum absolute atomic E-state index is 0.128. The number of rotatable bonds is 0. The van der Waals surface area contributed by atoms with E-state index in [4.69, 9.17) is 9.47 Å². The molecule has 2 heterocycles. The van der Waals surface area contributed by atoms with Crippen molar-refractivity contribution in [2.75, 3.05) is 0 Å². The Labute approximate surface area is 210 Å². The average molecular weight is 462 g/mol. The molecular formula is C32H35BO2. The van der Waals surface area contributed by atoms with Gasteiger partial charge in [0.2, 0.25) is 0 Å². The van der Waals surface area contributed by atoms with E-state index in [0.29, 0.717) is 0 Å². The maximum Gasteiger partial charge on any atom is 0.260 e. The van der Waals surface area contributed by atoms with Crippen molar-refractivity contribution in [2.24, 2.45) is 0 Å². The molecule has 2 nitrogen and oxygen atoms in total. The summed E-state index contributed by atoms with van der Waals surface area (Å²) in [5.41, 5.74) is 10.1. The van der Waals surface area contributed by atoms with Crippen LogP contribution in [0.15, 0.2) is 42.5 Å². The van der Waals surface area contributed by atoms with Crippen LogP contribution in [0.3, 0.4) is 0 Å². The van der Waals surface area contributed by atoms with Crippen LogP contribution < -0.4 is 25.9 Å². The molecule has 3 heteroatoms. The predicted molar refractivity (Wildman–Crippen MR) is 145 cm³/mol. The highest BCUT2D eigenvalue weighted by Crippen LogP contribution is 2.52. The fourth-order valence-electron chi connectivity index (χ4n) is 8.35. The number of ether oxygens (including phenoxy) is 2. The molecule has 0 saturated heterocycles. The van der Waals surface area contributed by atoms with Gasteiger partial charge >= 0.3 is 0 Å². The predicted octanol–water partition coefficient (Wildman–Crippen LogP) is 6.33. The van der Waals surface area contributed by atoms with Crippen molar-refractivity contribution in [2.45, 2.75) is 89.9 Å². The SMILES string of the molecule is CC1(C)CC(C)(C)c2cc3c(cc21)Oc1cccc2c1B3c1cc3c(cc1O2)C(C)(C)CC3(C)C. The maximum absolute atomic E-state index is 6.61. The number of hydrogen-bond acceptors (Lipinski definition) is 2. The van der Waals surface area contributed by atoms with Gasteiger partial charge in [-0.2, -0.15) is 0 Å². The van der Waals surface area contributed by atoms with E-state index >= 15 is 0 Å². The normalized spacial score (nSPS) is 22.2. The second-order valence-corrected chi connectivity index (χ2v) is 14.1. The third-order valence-electron chi connectivity index (χ3n) is 9.36. The van der Waals surface area contributed by atoms with Crippen molar-refractivity contribution in [1.29, 1.82) is 0 Å². The van der Waals surface area contributed by atoms with Crippen molar-refractivity contribution in [3.63, 3.8) is 0 Å². The first kappa shape index (κ1) is 21.6. The molecule has 0 fully saturated rings. The quantitative estimate of drug-likeness (QED) is 0.250. The van der Waals surface area contributed by atoms with Gasteiger partial charge in [0.05, 0.1) is 0 Å². The zero-order valence-electron chi connectivity index (χ0n) is 22.3. The van der Waals surface area contributed by atoms with Crippen molar-refractivity contribution >= 4 is 23.1 Å². The molecule has 0 aromatic heterocycles. The van der Waals surface area contributed by atoms with E-state index in [1.807, 2.05) is 0 Å². The Bertz CT molecular complexity index is 1350. The fraction of sp³-hybridized carbons (Fsp3) is 0.438. The van der Waals surface area contributed by atoms with Gasteiger partial charge in [0.1, 0.15) is 23.0 Å². The van der Waals surface area contributed by atoms with Crippen LogP contribution >= 0.6 is 0 Å². The Morgan fingerprint density at radius 2 is 0.914 bits per heavy atom. The summed E-state index contributed by atoms with van der Waals surface area (Å²) < 4.78 is 13.2. The lowest BCUT2D eigenvalue weighted by molar-refractivity contribution is 0.402. The second kappa shape index (κ2) is 6.17. The van der Waals surface area contributed by atoms with Gasteiger partial charge in [-0.05, 0) is 91.9 Å². The van der Waals surface area contributed by atoms with Crippen LogP contribution in [-0.4, -0.2) is 6.71 Å². The van der Waals surface area contributed by atoms with Crippen LogP contribution in [0.5, 0.6) is 23.0 Å². The zero-order chi connectivity index (χ0) is 24.7. The molecule has 2 aliphatic carbocycles. The third-order valence-corrected chi connectivity index (χ3v) is 9.36. The van der Waals surface area contributed by atoms with Crippen molar-refractivity contribution < 1.29 is 9.47 Å². The topological polar surface area (TPSA) is 18.5 Å². The molecule has 7 rings (SSSR count). The van der Waals surface area contributed by atoms with Gasteiger partial charge in [-0.3, -0.25) is 0 Å². The van der Waals surface area contributed by atoms with Crippen LogP contribution in [0.25, 0.3) is 0 Å². The van der Waals surface area contributed by atoms with Gasteiger partial charge in [-0.25, -0.2) is 0 Å². The van der Waals surface area contributed by atoms with Gasteiger partial charge in [-0.1, -0.05) is 73.6 Å². The Hall–Kier alpha value is -2.68. The number of hydrogen-bond donors (Lipinski definition) is 0. The lowest BCUT2D eigenvalue weighted by Gasteiger charge is -2.35. The van der Waals surface area contributed by atoms with E-state index in [1.165, 1.54) is 38.6 Å². The standard InChI is InChI=1S/C32H35BO2/c1-29(2)16-31(5,6)20-14-26-22(12-18(20)29)33-23-13-19-21(32(7,8)17-30(19,3)4)15-27(23)35-25-11-9-10-24(34-26)28(25)33/h9-15H,16-17H2,1-8H3. The molecule has 0 unspecified atom stereocenters. The van der Waals surface area contributed by atoms with Crippen LogP contribution in [0.1, 0.15) is 90.5 Å². The molecule has 0 N–H and O–H groups in total. The molecule has 3 aromatic carbocycles. The highest BCUT2D eigenvalue weighted by Gasteiger charge is 2.48. The molecule has 0 radical (unpaired) electrons. The maximum atomic E-state index is 6.61. The first-order valence-electron chi connectivity index (χ1n) is 13.2. The summed E-state index contributed by atoms with van der Waals surface area (Å²) in [6, 6.07) is 15.9. The summed E-state index contributed by atoms with van der Waals surface area (Å²) in [6.45, 7) is 19.2. The van der Waals surface area contributed by atoms with Crippen LogP contribution in [0, 0.1) is 0 Å².